The number of nitrogens with zero attached hydrogens (tertiary/aromatic N) is 2. The Hall–Kier alpha value is -2.54. The van der Waals surface area contributed by atoms with Gasteiger partial charge in [-0.15, -0.1) is 0 Å². The lowest BCUT2D eigenvalue weighted by Crippen LogP contribution is -2.31. The van der Waals surface area contributed by atoms with Crippen LogP contribution in [0, 0.1) is 0 Å². The molecule has 0 bridgehead atoms. The van der Waals surface area contributed by atoms with Gasteiger partial charge in [0.15, 0.2) is 0 Å². The molecule has 3 rings (SSSR count). The normalized spacial score (nSPS) is 16.6. The van der Waals surface area contributed by atoms with Gasteiger partial charge in [-0.1, -0.05) is 6.07 Å². The number of benzene rings is 1. The van der Waals surface area contributed by atoms with E-state index >= 15 is 0 Å². The monoisotopic (exact) mass is 344 g/mol. The first-order valence-corrected chi connectivity index (χ1v) is 8.66. The fourth-order valence-electron chi connectivity index (χ4n) is 2.75. The summed E-state index contributed by atoms with van der Waals surface area (Å²) in [6.45, 7) is 2.63. The standard InChI is InChI=1S/C18H24N4O3/c23-18(19-9-7-16-6-2-12-24-16)21-15-4-1-5-17(14-15)25-13-11-22-10-3-8-20-22/h1,3-5,8,10,14,16H,2,6-7,9,11-13H2,(H2,19,21,23)/t16-/m0/s1. The molecule has 0 unspecified atom stereocenters. The lowest BCUT2D eigenvalue weighted by atomic mass is 10.2. The van der Waals surface area contributed by atoms with Crippen molar-refractivity contribution in [1.82, 2.24) is 15.1 Å². The molecule has 1 fully saturated rings. The first-order valence-electron chi connectivity index (χ1n) is 8.66. The van der Waals surface area contributed by atoms with Gasteiger partial charge in [-0.05, 0) is 37.5 Å². The van der Waals surface area contributed by atoms with Crippen LogP contribution in [0.4, 0.5) is 10.5 Å². The third-order valence-electron chi connectivity index (χ3n) is 4.02. The van der Waals surface area contributed by atoms with Gasteiger partial charge in [0.05, 0.1) is 12.6 Å². The second kappa shape index (κ2) is 9.08. The van der Waals surface area contributed by atoms with Gasteiger partial charge in [-0.2, -0.15) is 5.10 Å². The van der Waals surface area contributed by atoms with Crippen LogP contribution in [0.1, 0.15) is 19.3 Å². The Morgan fingerprint density at radius 3 is 3.16 bits per heavy atom. The Balaban J connectivity index is 1.38. The third kappa shape index (κ3) is 5.79. The van der Waals surface area contributed by atoms with Crippen molar-refractivity contribution in [3.8, 4) is 5.75 Å². The number of rotatable bonds is 8. The molecule has 2 N–H and O–H groups in total. The Bertz CT molecular complexity index is 654. The van der Waals surface area contributed by atoms with Crippen LogP contribution in [0.3, 0.4) is 0 Å². The van der Waals surface area contributed by atoms with Crippen LogP contribution in [0.2, 0.25) is 0 Å². The van der Waals surface area contributed by atoms with Gasteiger partial charge in [-0.3, -0.25) is 4.68 Å². The maximum Gasteiger partial charge on any atom is 0.319 e. The van der Waals surface area contributed by atoms with Crippen LogP contribution in [-0.4, -0.2) is 41.7 Å². The summed E-state index contributed by atoms with van der Waals surface area (Å²) in [7, 11) is 0. The Kier molecular flexibility index (Phi) is 6.28. The summed E-state index contributed by atoms with van der Waals surface area (Å²) in [6, 6.07) is 9.02. The van der Waals surface area contributed by atoms with E-state index in [2.05, 4.69) is 15.7 Å². The van der Waals surface area contributed by atoms with Gasteiger partial charge in [0, 0.05) is 37.3 Å². The Labute approximate surface area is 147 Å². The molecule has 2 aromatic rings. The number of hydrogen-bond donors (Lipinski definition) is 2. The highest BCUT2D eigenvalue weighted by atomic mass is 16.5. The molecule has 7 heteroatoms. The molecule has 1 aromatic carbocycles. The summed E-state index contributed by atoms with van der Waals surface area (Å²) in [5.41, 5.74) is 0.700. The van der Waals surface area contributed by atoms with Crippen molar-refractivity contribution >= 4 is 11.7 Å². The van der Waals surface area contributed by atoms with Gasteiger partial charge >= 0.3 is 6.03 Å². The number of aromatic nitrogens is 2. The molecule has 2 amide bonds. The van der Waals surface area contributed by atoms with Crippen LogP contribution in [-0.2, 0) is 11.3 Å². The van der Waals surface area contributed by atoms with Gasteiger partial charge in [0.25, 0.3) is 0 Å². The van der Waals surface area contributed by atoms with Gasteiger partial charge in [-0.25, -0.2) is 4.79 Å². The Morgan fingerprint density at radius 1 is 1.40 bits per heavy atom. The van der Waals surface area contributed by atoms with Crippen LogP contribution in [0.5, 0.6) is 5.75 Å². The zero-order valence-electron chi connectivity index (χ0n) is 14.2. The molecule has 1 saturated heterocycles. The summed E-state index contributed by atoms with van der Waals surface area (Å²) in [5, 5.41) is 9.80. The first kappa shape index (κ1) is 17.3. The van der Waals surface area contributed by atoms with Crippen molar-refractivity contribution < 1.29 is 14.3 Å². The second-order valence-corrected chi connectivity index (χ2v) is 5.95. The van der Waals surface area contributed by atoms with Gasteiger partial charge < -0.3 is 20.1 Å². The number of anilines is 1. The fourth-order valence-corrected chi connectivity index (χ4v) is 2.75. The average Bonchev–Trinajstić information content (AvgIpc) is 3.29. The minimum atomic E-state index is -0.216. The zero-order valence-corrected chi connectivity index (χ0v) is 14.2. The topological polar surface area (TPSA) is 77.4 Å². The molecule has 0 aliphatic carbocycles. The molecular weight excluding hydrogens is 320 g/mol. The molecule has 2 heterocycles. The quantitative estimate of drug-likeness (QED) is 0.772. The fraction of sp³-hybridized carbons (Fsp3) is 0.444. The van der Waals surface area contributed by atoms with Gasteiger partial charge in [0.2, 0.25) is 0 Å². The molecule has 0 spiro atoms. The van der Waals surface area contributed by atoms with Crippen molar-refractivity contribution in [2.45, 2.75) is 31.9 Å². The molecule has 0 radical (unpaired) electrons. The number of ether oxygens (including phenoxy) is 2. The summed E-state index contributed by atoms with van der Waals surface area (Å²) in [6.07, 6.45) is 6.96. The van der Waals surface area contributed by atoms with Gasteiger partial charge in [0.1, 0.15) is 12.4 Å². The minimum Gasteiger partial charge on any atom is -0.492 e. The van der Waals surface area contributed by atoms with Crippen molar-refractivity contribution in [2.75, 3.05) is 25.1 Å². The molecule has 25 heavy (non-hydrogen) atoms. The highest BCUT2D eigenvalue weighted by Crippen LogP contribution is 2.17. The molecule has 1 aliphatic heterocycles. The average molecular weight is 344 g/mol. The summed E-state index contributed by atoms with van der Waals surface area (Å²) < 4.78 is 13.0. The van der Waals surface area contributed by atoms with Crippen LogP contribution >= 0.6 is 0 Å². The van der Waals surface area contributed by atoms with E-state index in [1.807, 2.05) is 41.2 Å². The maximum atomic E-state index is 12.0. The Morgan fingerprint density at radius 2 is 2.36 bits per heavy atom. The number of urea groups is 1. The van der Waals surface area contributed by atoms with Crippen LogP contribution in [0.25, 0.3) is 0 Å². The molecule has 0 saturated carbocycles. The van der Waals surface area contributed by atoms with E-state index in [-0.39, 0.29) is 12.1 Å². The molecule has 1 aromatic heterocycles. The maximum absolute atomic E-state index is 12.0. The second-order valence-electron chi connectivity index (χ2n) is 5.95. The molecule has 7 nitrogen and oxygen atoms in total. The lowest BCUT2D eigenvalue weighted by Gasteiger charge is -2.12. The predicted molar refractivity (Wildman–Crippen MR) is 94.8 cm³/mol. The third-order valence-corrected chi connectivity index (χ3v) is 4.02. The molecule has 1 aliphatic rings. The van der Waals surface area contributed by atoms with E-state index in [9.17, 15) is 4.79 Å². The van der Waals surface area contributed by atoms with E-state index in [4.69, 9.17) is 9.47 Å². The predicted octanol–water partition coefficient (Wildman–Crippen LogP) is 2.65. The summed E-state index contributed by atoms with van der Waals surface area (Å²) in [5.74, 6) is 0.712. The first-order chi connectivity index (χ1) is 12.3. The SMILES string of the molecule is O=C(NCC[C@@H]1CCCO1)Nc1cccc(OCCn2cccn2)c1. The summed E-state index contributed by atoms with van der Waals surface area (Å²) in [4.78, 5) is 12.0. The molecule has 134 valence electrons. The molecular formula is C18H24N4O3. The summed E-state index contributed by atoms with van der Waals surface area (Å²) >= 11 is 0. The van der Waals surface area contributed by atoms with E-state index in [0.717, 1.165) is 25.9 Å². The lowest BCUT2D eigenvalue weighted by molar-refractivity contribution is 0.105. The highest BCUT2D eigenvalue weighted by Gasteiger charge is 2.15. The highest BCUT2D eigenvalue weighted by molar-refractivity contribution is 5.89. The van der Waals surface area contributed by atoms with Crippen LogP contribution < -0.4 is 15.4 Å². The number of hydrogen-bond acceptors (Lipinski definition) is 4. The smallest absolute Gasteiger partial charge is 0.319 e. The zero-order chi connectivity index (χ0) is 17.3. The number of carbonyl (C=O) groups excluding carboxylic acids is 1. The van der Waals surface area contributed by atoms with Crippen molar-refractivity contribution in [2.24, 2.45) is 0 Å². The van der Waals surface area contributed by atoms with E-state index in [0.29, 0.717) is 31.1 Å². The number of nitrogens with one attached hydrogen (secondary N) is 2. The number of amides is 2. The van der Waals surface area contributed by atoms with Crippen molar-refractivity contribution in [3.63, 3.8) is 0 Å². The number of carbonyl (C=O) groups is 1. The van der Waals surface area contributed by atoms with E-state index in [1.54, 1.807) is 6.20 Å². The largest absolute Gasteiger partial charge is 0.492 e. The van der Waals surface area contributed by atoms with Crippen molar-refractivity contribution in [3.05, 3.63) is 42.7 Å². The van der Waals surface area contributed by atoms with E-state index in [1.165, 1.54) is 0 Å². The van der Waals surface area contributed by atoms with Crippen molar-refractivity contribution in [1.29, 1.82) is 0 Å². The van der Waals surface area contributed by atoms with Crippen LogP contribution in [0.15, 0.2) is 42.7 Å². The van der Waals surface area contributed by atoms with E-state index < -0.39 is 0 Å². The minimum absolute atomic E-state index is 0.216. The molecule has 1 atom stereocenters.